The van der Waals surface area contributed by atoms with Crippen LogP contribution in [0.2, 0.25) is 10.0 Å². The normalized spacial score (nSPS) is 18.4. The first kappa shape index (κ1) is 19.6. The molecule has 2 heterocycles. The second-order valence-corrected chi connectivity index (χ2v) is 8.29. The van der Waals surface area contributed by atoms with E-state index in [1.807, 2.05) is 0 Å². The quantitative estimate of drug-likeness (QED) is 0.356. The van der Waals surface area contributed by atoms with Gasteiger partial charge in [0.2, 0.25) is 5.13 Å². The summed E-state index contributed by atoms with van der Waals surface area (Å²) in [5.41, 5.74) is 0.889. The highest BCUT2D eigenvalue weighted by molar-refractivity contribution is 7.15. The lowest BCUT2D eigenvalue weighted by Gasteiger charge is -2.22. The van der Waals surface area contributed by atoms with Crippen LogP contribution in [0.3, 0.4) is 0 Å². The number of hydrogen-bond acceptors (Lipinski definition) is 6. The van der Waals surface area contributed by atoms with E-state index >= 15 is 0 Å². The fraction of sp³-hybridized carbons (Fsp3) is 0.100. The van der Waals surface area contributed by atoms with Crippen LogP contribution in [0.15, 0.2) is 54.1 Å². The number of carbonyl (C=O) groups is 2. The van der Waals surface area contributed by atoms with E-state index in [1.54, 1.807) is 55.5 Å². The third-order valence-corrected chi connectivity index (χ3v) is 6.05. The molecular formula is C20H13Cl2N3O3S. The van der Waals surface area contributed by atoms with Crippen molar-refractivity contribution in [1.29, 1.82) is 0 Å². The molecule has 0 radical (unpaired) electrons. The molecule has 146 valence electrons. The number of halogens is 2. The van der Waals surface area contributed by atoms with Gasteiger partial charge in [-0.1, -0.05) is 70.9 Å². The zero-order valence-electron chi connectivity index (χ0n) is 15.0. The maximum Gasteiger partial charge on any atom is 0.301 e. The molecule has 0 aliphatic carbocycles. The average Bonchev–Trinajstić information content (AvgIpc) is 3.25. The highest BCUT2D eigenvalue weighted by atomic mass is 35.5. The number of amides is 1. The fourth-order valence-electron chi connectivity index (χ4n) is 3.16. The Balaban J connectivity index is 1.97. The van der Waals surface area contributed by atoms with E-state index in [2.05, 4.69) is 10.2 Å². The van der Waals surface area contributed by atoms with Gasteiger partial charge in [0.05, 0.1) is 21.7 Å². The Morgan fingerprint density at radius 3 is 2.41 bits per heavy atom. The standard InChI is InChI=1S/C20H13Cl2N3O3S/c1-10-23-24-20(29-10)25-16(12-7-8-13(21)14(22)9-12)15(18(27)19(25)28)17(26)11-5-3-2-4-6-11/h2-9,16,26H,1H3/t16-/m0/s1. The van der Waals surface area contributed by atoms with Gasteiger partial charge in [-0.3, -0.25) is 14.5 Å². The number of benzene rings is 2. The van der Waals surface area contributed by atoms with Crippen LogP contribution in [0.4, 0.5) is 5.13 Å². The molecule has 1 amide bonds. The monoisotopic (exact) mass is 445 g/mol. The van der Waals surface area contributed by atoms with Crippen LogP contribution in [0.1, 0.15) is 22.2 Å². The van der Waals surface area contributed by atoms with Crippen molar-refractivity contribution in [1.82, 2.24) is 10.2 Å². The molecule has 3 aromatic rings. The van der Waals surface area contributed by atoms with Gasteiger partial charge in [0.1, 0.15) is 10.8 Å². The second kappa shape index (κ2) is 7.59. The van der Waals surface area contributed by atoms with Crippen molar-refractivity contribution in [3.8, 4) is 0 Å². The van der Waals surface area contributed by atoms with Gasteiger partial charge in [0.25, 0.3) is 5.78 Å². The minimum atomic E-state index is -0.919. The first-order valence-electron chi connectivity index (χ1n) is 8.50. The minimum Gasteiger partial charge on any atom is -0.507 e. The van der Waals surface area contributed by atoms with E-state index in [-0.39, 0.29) is 21.5 Å². The molecule has 1 atom stereocenters. The van der Waals surface area contributed by atoms with Crippen molar-refractivity contribution < 1.29 is 14.7 Å². The third kappa shape index (κ3) is 3.42. The molecule has 0 saturated carbocycles. The maximum absolute atomic E-state index is 12.9. The molecular weight excluding hydrogens is 433 g/mol. The lowest BCUT2D eigenvalue weighted by atomic mass is 9.95. The zero-order chi connectivity index (χ0) is 20.7. The number of aromatic nitrogens is 2. The Labute approximate surface area is 180 Å². The summed E-state index contributed by atoms with van der Waals surface area (Å²) < 4.78 is 0. The van der Waals surface area contributed by atoms with E-state index in [1.165, 1.54) is 16.2 Å². The molecule has 4 rings (SSSR count). The summed E-state index contributed by atoms with van der Waals surface area (Å²) in [6.45, 7) is 1.75. The number of ketones is 1. The lowest BCUT2D eigenvalue weighted by Crippen LogP contribution is -2.29. The van der Waals surface area contributed by atoms with Gasteiger partial charge in [0.15, 0.2) is 0 Å². The number of rotatable bonds is 3. The molecule has 2 aromatic carbocycles. The number of hydrogen-bond donors (Lipinski definition) is 1. The van der Waals surface area contributed by atoms with Crippen LogP contribution in [0.25, 0.3) is 5.76 Å². The van der Waals surface area contributed by atoms with Crippen LogP contribution in [0, 0.1) is 6.92 Å². The Morgan fingerprint density at radius 2 is 1.79 bits per heavy atom. The molecule has 0 unspecified atom stereocenters. The number of aryl methyl sites for hydroxylation is 1. The van der Waals surface area contributed by atoms with E-state index in [0.29, 0.717) is 21.2 Å². The van der Waals surface area contributed by atoms with Gasteiger partial charge >= 0.3 is 5.91 Å². The lowest BCUT2D eigenvalue weighted by molar-refractivity contribution is -0.132. The van der Waals surface area contributed by atoms with Crippen LogP contribution in [-0.4, -0.2) is 27.0 Å². The van der Waals surface area contributed by atoms with Crippen LogP contribution < -0.4 is 4.90 Å². The molecule has 1 saturated heterocycles. The first-order chi connectivity index (χ1) is 13.9. The molecule has 9 heteroatoms. The maximum atomic E-state index is 12.9. The van der Waals surface area contributed by atoms with Crippen molar-refractivity contribution in [2.45, 2.75) is 13.0 Å². The molecule has 1 aliphatic rings. The summed E-state index contributed by atoms with van der Waals surface area (Å²) in [4.78, 5) is 27.1. The second-order valence-electron chi connectivity index (χ2n) is 6.31. The van der Waals surface area contributed by atoms with E-state index in [4.69, 9.17) is 23.2 Å². The summed E-state index contributed by atoms with van der Waals surface area (Å²) in [6, 6.07) is 12.4. The number of aliphatic hydroxyl groups excluding tert-OH is 1. The van der Waals surface area contributed by atoms with E-state index < -0.39 is 17.7 Å². The minimum absolute atomic E-state index is 0.0487. The molecule has 6 nitrogen and oxygen atoms in total. The molecule has 1 N–H and O–H groups in total. The van der Waals surface area contributed by atoms with E-state index in [9.17, 15) is 14.7 Å². The largest absolute Gasteiger partial charge is 0.507 e. The Bertz CT molecular complexity index is 1160. The van der Waals surface area contributed by atoms with Gasteiger partial charge in [-0.05, 0) is 24.6 Å². The van der Waals surface area contributed by atoms with Crippen molar-refractivity contribution in [2.24, 2.45) is 0 Å². The first-order valence-corrected chi connectivity index (χ1v) is 10.1. The van der Waals surface area contributed by atoms with Crippen LogP contribution >= 0.6 is 34.5 Å². The highest BCUT2D eigenvalue weighted by Gasteiger charge is 2.48. The SMILES string of the molecule is Cc1nnc(N2C(=O)C(=O)C(=C(O)c3ccccc3)[C@@H]2c2ccc(Cl)c(Cl)c2)s1. The third-order valence-electron chi connectivity index (χ3n) is 4.47. The van der Waals surface area contributed by atoms with Gasteiger partial charge in [-0.15, -0.1) is 10.2 Å². The smallest absolute Gasteiger partial charge is 0.301 e. The van der Waals surface area contributed by atoms with Crippen molar-refractivity contribution >= 4 is 57.1 Å². The topological polar surface area (TPSA) is 83.4 Å². The van der Waals surface area contributed by atoms with Crippen molar-refractivity contribution in [3.63, 3.8) is 0 Å². The number of nitrogens with zero attached hydrogens (tertiary/aromatic N) is 3. The molecule has 1 fully saturated rings. The Morgan fingerprint density at radius 1 is 1.07 bits per heavy atom. The molecule has 1 aliphatic heterocycles. The molecule has 29 heavy (non-hydrogen) atoms. The molecule has 0 spiro atoms. The number of Topliss-reactive ketones (excluding diaryl/α,β-unsaturated/α-hetero) is 1. The fourth-order valence-corrected chi connectivity index (χ4v) is 4.18. The van der Waals surface area contributed by atoms with Gasteiger partial charge in [0, 0.05) is 5.56 Å². The van der Waals surface area contributed by atoms with Gasteiger partial charge < -0.3 is 5.11 Å². The van der Waals surface area contributed by atoms with Gasteiger partial charge in [-0.2, -0.15) is 0 Å². The van der Waals surface area contributed by atoms with Crippen molar-refractivity contribution in [3.05, 3.63) is 80.3 Å². The summed E-state index contributed by atoms with van der Waals surface area (Å²) >= 11 is 13.4. The van der Waals surface area contributed by atoms with E-state index in [0.717, 1.165) is 0 Å². The summed E-state index contributed by atoms with van der Waals surface area (Å²) in [5, 5.41) is 20.4. The number of aliphatic hydroxyl groups is 1. The summed E-state index contributed by atoms with van der Waals surface area (Å²) in [5.74, 6) is -1.88. The van der Waals surface area contributed by atoms with Crippen LogP contribution in [-0.2, 0) is 9.59 Å². The highest BCUT2D eigenvalue weighted by Crippen LogP contribution is 2.43. The number of carbonyl (C=O) groups excluding carboxylic acids is 2. The van der Waals surface area contributed by atoms with Crippen molar-refractivity contribution in [2.75, 3.05) is 4.90 Å². The van der Waals surface area contributed by atoms with Crippen LogP contribution in [0.5, 0.6) is 0 Å². The summed E-state index contributed by atoms with van der Waals surface area (Å²) in [6.07, 6.45) is 0. The molecule has 0 bridgehead atoms. The Hall–Kier alpha value is -2.74. The average molecular weight is 446 g/mol. The summed E-state index contributed by atoms with van der Waals surface area (Å²) in [7, 11) is 0. The zero-order valence-corrected chi connectivity index (χ0v) is 17.3. The predicted molar refractivity (Wildman–Crippen MR) is 112 cm³/mol. The number of anilines is 1. The van der Waals surface area contributed by atoms with Gasteiger partial charge in [-0.25, -0.2) is 0 Å². The molecule has 1 aromatic heterocycles. The Kier molecular flexibility index (Phi) is 5.12. The predicted octanol–water partition coefficient (Wildman–Crippen LogP) is 4.78.